The number of thiocarbonyl (C=S) groups is 1. The number of aliphatic carboxylic acids is 1. The number of thioether (sulfide) groups is 1. The van der Waals surface area contributed by atoms with Crippen molar-refractivity contribution in [3.05, 3.63) is 46.0 Å². The zero-order valence-corrected chi connectivity index (χ0v) is 14.6. The van der Waals surface area contributed by atoms with E-state index in [1.165, 1.54) is 4.90 Å². The summed E-state index contributed by atoms with van der Waals surface area (Å²) < 4.78 is 0.353. The van der Waals surface area contributed by atoms with Gasteiger partial charge in [-0.05, 0) is 18.2 Å². The Balaban J connectivity index is 1.89. The highest BCUT2D eigenvalue weighted by atomic mass is 35.5. The molecule has 2 heterocycles. The number of amides is 1. The number of hydrogen-bond donors (Lipinski definition) is 1. The van der Waals surface area contributed by atoms with Crippen LogP contribution in [0.1, 0.15) is 12.1 Å². The molecule has 1 aliphatic heterocycles. The largest absolute Gasteiger partial charge is 0.481 e. The Kier molecular flexibility index (Phi) is 4.84. The van der Waals surface area contributed by atoms with Gasteiger partial charge in [0.15, 0.2) is 0 Å². The van der Waals surface area contributed by atoms with Gasteiger partial charge in [0.1, 0.15) is 4.32 Å². The molecule has 24 heavy (non-hydrogen) atoms. The molecular weight excluding hydrogens is 368 g/mol. The molecule has 1 N–H and O–H groups in total. The van der Waals surface area contributed by atoms with Crippen LogP contribution >= 0.6 is 35.6 Å². The van der Waals surface area contributed by atoms with Crippen molar-refractivity contribution < 1.29 is 14.7 Å². The highest BCUT2D eigenvalue weighted by Crippen LogP contribution is 2.32. The lowest BCUT2D eigenvalue weighted by Gasteiger charge is -2.12. The van der Waals surface area contributed by atoms with E-state index in [1.54, 1.807) is 18.2 Å². The second kappa shape index (κ2) is 6.88. The Morgan fingerprint density at radius 2 is 2.17 bits per heavy atom. The van der Waals surface area contributed by atoms with E-state index in [-0.39, 0.29) is 18.9 Å². The van der Waals surface area contributed by atoms with Gasteiger partial charge in [0.25, 0.3) is 5.91 Å². The predicted octanol–water partition coefficient (Wildman–Crippen LogP) is 3.56. The lowest BCUT2D eigenvalue weighted by molar-refractivity contribution is -0.137. The van der Waals surface area contributed by atoms with E-state index in [1.807, 2.05) is 18.2 Å². The van der Waals surface area contributed by atoms with Crippen LogP contribution in [-0.2, 0) is 9.59 Å². The van der Waals surface area contributed by atoms with Gasteiger partial charge in [0.2, 0.25) is 0 Å². The Morgan fingerprint density at radius 1 is 1.38 bits per heavy atom. The molecule has 1 saturated heterocycles. The van der Waals surface area contributed by atoms with Crippen LogP contribution in [-0.4, -0.2) is 37.7 Å². The summed E-state index contributed by atoms with van der Waals surface area (Å²) in [5.41, 5.74) is 1.25. The Hall–Kier alpha value is -1.96. The summed E-state index contributed by atoms with van der Waals surface area (Å²) >= 11 is 12.4. The molecule has 0 bridgehead atoms. The van der Waals surface area contributed by atoms with Gasteiger partial charge in [0, 0.05) is 11.9 Å². The van der Waals surface area contributed by atoms with Gasteiger partial charge in [-0.25, -0.2) is 4.98 Å². The quantitative estimate of drug-likeness (QED) is 0.648. The van der Waals surface area contributed by atoms with Gasteiger partial charge in [0.05, 0.1) is 27.6 Å². The lowest BCUT2D eigenvalue weighted by atomic mass is 10.2. The van der Waals surface area contributed by atoms with Crippen molar-refractivity contribution >= 4 is 68.8 Å². The second-order valence-corrected chi connectivity index (χ2v) is 7.11. The van der Waals surface area contributed by atoms with E-state index in [9.17, 15) is 9.59 Å². The van der Waals surface area contributed by atoms with Crippen LogP contribution < -0.4 is 0 Å². The number of pyridine rings is 1. The molecule has 0 radical (unpaired) electrons. The SMILES string of the molecule is O=C(O)CCN1C(=O)C(=Cc2ccc3cccc(Cl)c3n2)SC1=S. The normalized spacial score (nSPS) is 16.4. The fourth-order valence-corrected chi connectivity index (χ4v) is 3.76. The molecule has 1 aromatic heterocycles. The number of rotatable bonds is 4. The first-order valence-electron chi connectivity index (χ1n) is 6.98. The van der Waals surface area contributed by atoms with Crippen LogP contribution in [0.4, 0.5) is 0 Å². The van der Waals surface area contributed by atoms with Gasteiger partial charge >= 0.3 is 5.97 Å². The maximum Gasteiger partial charge on any atom is 0.305 e. The minimum atomic E-state index is -0.973. The number of hydrogen-bond acceptors (Lipinski definition) is 5. The zero-order valence-electron chi connectivity index (χ0n) is 12.2. The van der Waals surface area contributed by atoms with Crippen molar-refractivity contribution in [2.75, 3.05) is 6.54 Å². The monoisotopic (exact) mass is 378 g/mol. The molecular formula is C16H11ClN2O3S2. The highest BCUT2D eigenvalue weighted by Gasteiger charge is 2.32. The van der Waals surface area contributed by atoms with E-state index in [4.69, 9.17) is 28.9 Å². The smallest absolute Gasteiger partial charge is 0.305 e. The summed E-state index contributed by atoms with van der Waals surface area (Å²) in [5, 5.41) is 10.2. The van der Waals surface area contributed by atoms with Crippen molar-refractivity contribution in [3.63, 3.8) is 0 Å². The predicted molar refractivity (Wildman–Crippen MR) is 98.9 cm³/mol. The first-order chi connectivity index (χ1) is 11.5. The lowest BCUT2D eigenvalue weighted by Crippen LogP contribution is -2.30. The number of benzene rings is 1. The third-order valence-electron chi connectivity index (χ3n) is 3.39. The molecule has 0 atom stereocenters. The second-order valence-electron chi connectivity index (χ2n) is 5.02. The minimum Gasteiger partial charge on any atom is -0.481 e. The summed E-state index contributed by atoms with van der Waals surface area (Å²) in [6, 6.07) is 9.18. The number of carbonyl (C=O) groups excluding carboxylic acids is 1. The van der Waals surface area contributed by atoms with Crippen LogP contribution in [0.25, 0.3) is 17.0 Å². The average Bonchev–Trinajstić information content (AvgIpc) is 2.80. The molecule has 0 aliphatic carbocycles. The molecule has 1 aromatic carbocycles. The standard InChI is InChI=1S/C16H11ClN2O3S2/c17-11-3-1-2-9-4-5-10(18-14(9)11)8-12-15(22)19(16(23)24-12)7-6-13(20)21/h1-5,8H,6-7H2,(H,20,21). The van der Waals surface area contributed by atoms with Crippen LogP contribution in [0.15, 0.2) is 35.2 Å². The molecule has 1 fully saturated rings. The number of aromatic nitrogens is 1. The number of carbonyl (C=O) groups is 2. The van der Waals surface area contributed by atoms with Gasteiger partial charge in [-0.2, -0.15) is 0 Å². The number of para-hydroxylation sites is 1. The first-order valence-corrected chi connectivity index (χ1v) is 8.58. The molecule has 8 heteroatoms. The van der Waals surface area contributed by atoms with Gasteiger partial charge in [-0.1, -0.05) is 53.8 Å². The maximum absolute atomic E-state index is 12.4. The van der Waals surface area contributed by atoms with Gasteiger partial charge in [-0.15, -0.1) is 0 Å². The van der Waals surface area contributed by atoms with Crippen molar-refractivity contribution in [3.8, 4) is 0 Å². The number of carboxylic acids is 1. The third-order valence-corrected chi connectivity index (χ3v) is 5.08. The van der Waals surface area contributed by atoms with Gasteiger partial charge in [-0.3, -0.25) is 14.5 Å². The topological polar surface area (TPSA) is 70.5 Å². The highest BCUT2D eigenvalue weighted by molar-refractivity contribution is 8.26. The summed E-state index contributed by atoms with van der Waals surface area (Å²) in [4.78, 5) is 29.2. The number of carboxylic acid groups (broad SMARTS) is 1. The van der Waals surface area contributed by atoms with Crippen molar-refractivity contribution in [1.29, 1.82) is 0 Å². The van der Waals surface area contributed by atoms with E-state index in [0.717, 1.165) is 17.1 Å². The average molecular weight is 379 g/mol. The minimum absolute atomic E-state index is 0.0638. The summed E-state index contributed by atoms with van der Waals surface area (Å²) in [6.45, 7) is 0.0638. The Labute approximate surface area is 152 Å². The zero-order chi connectivity index (χ0) is 17.3. The summed E-state index contributed by atoms with van der Waals surface area (Å²) in [6.07, 6.45) is 1.49. The van der Waals surface area contributed by atoms with E-state index in [0.29, 0.717) is 25.5 Å². The summed E-state index contributed by atoms with van der Waals surface area (Å²) in [5.74, 6) is -1.27. The number of halogens is 1. The third kappa shape index (κ3) is 3.43. The molecule has 122 valence electrons. The molecule has 1 aliphatic rings. The Morgan fingerprint density at radius 3 is 2.92 bits per heavy atom. The van der Waals surface area contributed by atoms with E-state index < -0.39 is 5.97 Å². The van der Waals surface area contributed by atoms with Crippen LogP contribution in [0.5, 0.6) is 0 Å². The molecule has 2 aromatic rings. The van der Waals surface area contributed by atoms with Gasteiger partial charge < -0.3 is 5.11 Å². The number of nitrogens with zero attached hydrogens (tertiary/aromatic N) is 2. The summed E-state index contributed by atoms with van der Waals surface area (Å²) in [7, 11) is 0. The molecule has 3 rings (SSSR count). The molecule has 5 nitrogen and oxygen atoms in total. The molecule has 0 spiro atoms. The van der Waals surface area contributed by atoms with Crippen molar-refractivity contribution in [1.82, 2.24) is 9.88 Å². The fraction of sp³-hybridized carbons (Fsp3) is 0.125. The molecule has 0 unspecified atom stereocenters. The van der Waals surface area contributed by atoms with Crippen LogP contribution in [0, 0.1) is 0 Å². The fourth-order valence-electron chi connectivity index (χ4n) is 2.24. The maximum atomic E-state index is 12.4. The van der Waals surface area contributed by atoms with Crippen LogP contribution in [0.3, 0.4) is 0 Å². The Bertz CT molecular complexity index is 898. The molecule has 1 amide bonds. The number of fused-ring (bicyclic) bond motifs is 1. The first kappa shape index (κ1) is 16.9. The van der Waals surface area contributed by atoms with E-state index >= 15 is 0 Å². The van der Waals surface area contributed by atoms with Crippen molar-refractivity contribution in [2.24, 2.45) is 0 Å². The molecule has 0 saturated carbocycles. The van der Waals surface area contributed by atoms with Crippen LogP contribution in [0.2, 0.25) is 5.02 Å². The van der Waals surface area contributed by atoms with E-state index in [2.05, 4.69) is 4.98 Å². The van der Waals surface area contributed by atoms with Crippen molar-refractivity contribution in [2.45, 2.75) is 6.42 Å².